The van der Waals surface area contributed by atoms with Gasteiger partial charge in [0.2, 0.25) is 6.04 Å². The van der Waals surface area contributed by atoms with Gasteiger partial charge < -0.3 is 10.2 Å². The lowest BCUT2D eigenvalue weighted by molar-refractivity contribution is -0.535. The minimum absolute atomic E-state index is 0.172. The van der Waals surface area contributed by atoms with E-state index in [0.717, 1.165) is 32.1 Å². The van der Waals surface area contributed by atoms with Gasteiger partial charge in [-0.3, -0.25) is 10.1 Å². The molecule has 0 fully saturated rings. The largest absolute Gasteiger partial charge is 0.396 e. The SMILES string of the molecule is CC/C=C\CCC(O)C(CCCCCCO)[N+](=O)[O-]. The summed E-state index contributed by atoms with van der Waals surface area (Å²) in [5, 5.41) is 29.4. The van der Waals surface area contributed by atoms with E-state index in [1.165, 1.54) is 0 Å². The van der Waals surface area contributed by atoms with Gasteiger partial charge in [-0.15, -0.1) is 0 Å². The third-order valence-corrected chi connectivity index (χ3v) is 3.15. The van der Waals surface area contributed by atoms with E-state index in [4.69, 9.17) is 5.11 Å². The summed E-state index contributed by atoms with van der Waals surface area (Å²) in [6, 6.07) is -0.857. The van der Waals surface area contributed by atoms with Crippen molar-refractivity contribution in [1.82, 2.24) is 0 Å². The second kappa shape index (κ2) is 12.1. The van der Waals surface area contributed by atoms with Crippen molar-refractivity contribution in [1.29, 1.82) is 0 Å². The van der Waals surface area contributed by atoms with E-state index < -0.39 is 12.1 Å². The minimum Gasteiger partial charge on any atom is -0.396 e. The summed E-state index contributed by atoms with van der Waals surface area (Å²) in [4.78, 5) is 10.6. The molecule has 0 aromatic rings. The molecule has 2 unspecified atom stereocenters. The van der Waals surface area contributed by atoms with Gasteiger partial charge in [-0.1, -0.05) is 31.9 Å². The zero-order valence-electron chi connectivity index (χ0n) is 11.8. The second-order valence-electron chi connectivity index (χ2n) is 4.80. The fraction of sp³-hybridized carbons (Fsp3) is 0.857. The highest BCUT2D eigenvalue weighted by atomic mass is 16.6. The number of rotatable bonds is 12. The van der Waals surface area contributed by atoms with Crippen LogP contribution in [-0.2, 0) is 0 Å². The first kappa shape index (κ1) is 18.1. The number of aliphatic hydroxyl groups excluding tert-OH is 2. The van der Waals surface area contributed by atoms with Gasteiger partial charge in [-0.05, 0) is 32.1 Å². The van der Waals surface area contributed by atoms with Crippen molar-refractivity contribution in [3.8, 4) is 0 Å². The molecule has 112 valence electrons. The molecule has 0 amide bonds. The molecule has 0 aromatic heterocycles. The average molecular weight is 273 g/mol. The molecule has 0 saturated carbocycles. The van der Waals surface area contributed by atoms with Crippen LogP contribution in [0.3, 0.4) is 0 Å². The molecule has 0 bridgehead atoms. The molecule has 0 radical (unpaired) electrons. The van der Waals surface area contributed by atoms with Crippen molar-refractivity contribution in [3.63, 3.8) is 0 Å². The highest BCUT2D eigenvalue weighted by molar-refractivity contribution is 4.82. The fourth-order valence-electron chi connectivity index (χ4n) is 2.00. The summed E-state index contributed by atoms with van der Waals surface area (Å²) in [6.07, 6.45) is 8.81. The van der Waals surface area contributed by atoms with Crippen LogP contribution in [0.1, 0.15) is 58.3 Å². The molecule has 2 atom stereocenters. The van der Waals surface area contributed by atoms with Crippen molar-refractivity contribution in [2.24, 2.45) is 0 Å². The highest BCUT2D eigenvalue weighted by Crippen LogP contribution is 2.14. The van der Waals surface area contributed by atoms with Crippen molar-refractivity contribution < 1.29 is 15.1 Å². The number of aliphatic hydroxyl groups is 2. The lowest BCUT2D eigenvalue weighted by Crippen LogP contribution is -2.33. The topological polar surface area (TPSA) is 83.6 Å². The molecule has 0 heterocycles. The number of unbranched alkanes of at least 4 members (excludes halogenated alkanes) is 3. The van der Waals surface area contributed by atoms with Gasteiger partial charge in [0.05, 0.1) is 0 Å². The zero-order chi connectivity index (χ0) is 14.5. The Bertz CT molecular complexity index is 256. The van der Waals surface area contributed by atoms with Gasteiger partial charge >= 0.3 is 0 Å². The molecular formula is C14H27NO4. The van der Waals surface area contributed by atoms with Gasteiger partial charge in [0.15, 0.2) is 0 Å². The molecule has 0 aliphatic carbocycles. The Labute approximate surface area is 115 Å². The lowest BCUT2D eigenvalue weighted by atomic mass is 10.00. The van der Waals surface area contributed by atoms with Crippen LogP contribution < -0.4 is 0 Å². The minimum atomic E-state index is -0.866. The van der Waals surface area contributed by atoms with Crippen LogP contribution >= 0.6 is 0 Å². The van der Waals surface area contributed by atoms with E-state index >= 15 is 0 Å². The summed E-state index contributed by atoms with van der Waals surface area (Å²) >= 11 is 0. The predicted molar refractivity (Wildman–Crippen MR) is 75.6 cm³/mol. The number of nitrogens with zero attached hydrogens (tertiary/aromatic N) is 1. The predicted octanol–water partition coefficient (Wildman–Crippen LogP) is 2.68. The van der Waals surface area contributed by atoms with Crippen molar-refractivity contribution in [2.45, 2.75) is 70.4 Å². The van der Waals surface area contributed by atoms with Crippen LogP contribution in [0.5, 0.6) is 0 Å². The number of nitro groups is 1. The van der Waals surface area contributed by atoms with Crippen molar-refractivity contribution in [2.75, 3.05) is 6.61 Å². The maximum absolute atomic E-state index is 10.9. The fourth-order valence-corrected chi connectivity index (χ4v) is 2.00. The third kappa shape index (κ3) is 9.62. The first-order chi connectivity index (χ1) is 9.13. The summed E-state index contributed by atoms with van der Waals surface area (Å²) in [5.41, 5.74) is 0. The van der Waals surface area contributed by atoms with Crippen LogP contribution in [0.4, 0.5) is 0 Å². The quantitative estimate of drug-likeness (QED) is 0.248. The Morgan fingerprint density at radius 3 is 2.42 bits per heavy atom. The molecule has 0 aliphatic heterocycles. The first-order valence-corrected chi connectivity index (χ1v) is 7.20. The monoisotopic (exact) mass is 273 g/mol. The number of allylic oxidation sites excluding steroid dienone is 2. The molecule has 2 N–H and O–H groups in total. The average Bonchev–Trinajstić information content (AvgIpc) is 2.38. The van der Waals surface area contributed by atoms with Crippen LogP contribution in [0.15, 0.2) is 12.2 Å². The Kier molecular flexibility index (Phi) is 11.5. The Hall–Kier alpha value is -0.940. The molecule has 5 nitrogen and oxygen atoms in total. The molecule has 0 spiro atoms. The van der Waals surface area contributed by atoms with Gasteiger partial charge in [0, 0.05) is 18.0 Å². The molecule has 0 saturated heterocycles. The Morgan fingerprint density at radius 1 is 1.16 bits per heavy atom. The standard InChI is InChI=1S/C14H27NO4/c1-2-3-4-8-11-14(17)13(15(18)19)10-7-5-6-9-12-16/h3-4,13-14,16-17H,2,5-12H2,1H3/b4-3-. The number of hydrogen-bond donors (Lipinski definition) is 2. The van der Waals surface area contributed by atoms with Crippen LogP contribution in [0, 0.1) is 10.1 Å². The zero-order valence-corrected chi connectivity index (χ0v) is 11.8. The molecule has 0 rings (SSSR count). The van der Waals surface area contributed by atoms with Gasteiger partial charge in [-0.25, -0.2) is 0 Å². The maximum atomic E-state index is 10.9. The van der Waals surface area contributed by atoms with Gasteiger partial charge in [-0.2, -0.15) is 0 Å². The van der Waals surface area contributed by atoms with E-state index in [-0.39, 0.29) is 11.5 Å². The maximum Gasteiger partial charge on any atom is 0.238 e. The van der Waals surface area contributed by atoms with Crippen LogP contribution in [0.2, 0.25) is 0 Å². The lowest BCUT2D eigenvalue weighted by Gasteiger charge is -2.15. The van der Waals surface area contributed by atoms with E-state index in [9.17, 15) is 15.2 Å². The second-order valence-corrected chi connectivity index (χ2v) is 4.80. The summed E-state index contributed by atoms with van der Waals surface area (Å²) in [7, 11) is 0. The summed E-state index contributed by atoms with van der Waals surface area (Å²) < 4.78 is 0. The molecule has 0 aromatic carbocycles. The van der Waals surface area contributed by atoms with E-state index in [1.54, 1.807) is 0 Å². The molecule has 5 heteroatoms. The van der Waals surface area contributed by atoms with Crippen LogP contribution in [0.25, 0.3) is 0 Å². The smallest absolute Gasteiger partial charge is 0.238 e. The summed E-state index contributed by atoms with van der Waals surface area (Å²) in [5.74, 6) is 0. The first-order valence-electron chi connectivity index (χ1n) is 7.20. The number of hydrogen-bond acceptors (Lipinski definition) is 4. The normalized spacial score (nSPS) is 14.7. The van der Waals surface area contributed by atoms with Gasteiger partial charge in [0.25, 0.3) is 0 Å². The highest BCUT2D eigenvalue weighted by Gasteiger charge is 2.28. The summed E-state index contributed by atoms with van der Waals surface area (Å²) in [6.45, 7) is 2.20. The third-order valence-electron chi connectivity index (χ3n) is 3.15. The Balaban J connectivity index is 3.95. The van der Waals surface area contributed by atoms with Crippen LogP contribution in [-0.4, -0.2) is 33.9 Å². The van der Waals surface area contributed by atoms with Crippen molar-refractivity contribution >= 4 is 0 Å². The van der Waals surface area contributed by atoms with E-state index in [2.05, 4.69) is 0 Å². The van der Waals surface area contributed by atoms with Crippen molar-refractivity contribution in [3.05, 3.63) is 22.3 Å². The van der Waals surface area contributed by atoms with E-state index in [0.29, 0.717) is 19.3 Å². The van der Waals surface area contributed by atoms with Gasteiger partial charge in [0.1, 0.15) is 6.10 Å². The molecule has 19 heavy (non-hydrogen) atoms. The Morgan fingerprint density at radius 2 is 1.84 bits per heavy atom. The van der Waals surface area contributed by atoms with E-state index in [1.807, 2.05) is 19.1 Å². The molecule has 0 aliphatic rings. The molecular weight excluding hydrogens is 246 g/mol.